The second-order valence-corrected chi connectivity index (χ2v) is 4.88. The number of thiazole rings is 1. The van der Waals surface area contributed by atoms with Crippen molar-refractivity contribution in [3.63, 3.8) is 0 Å². The van der Waals surface area contributed by atoms with Crippen LogP contribution in [0.15, 0.2) is 16.6 Å². The summed E-state index contributed by atoms with van der Waals surface area (Å²) in [5.41, 5.74) is 2.39. The lowest BCUT2D eigenvalue weighted by Crippen LogP contribution is -1.76. The van der Waals surface area contributed by atoms with Gasteiger partial charge in [-0.05, 0) is 40.9 Å². The third kappa shape index (κ3) is 1.51. The van der Waals surface area contributed by atoms with Gasteiger partial charge in [0.25, 0.3) is 0 Å². The van der Waals surface area contributed by atoms with E-state index in [0.29, 0.717) is 0 Å². The van der Waals surface area contributed by atoms with Crippen LogP contribution in [-0.4, -0.2) is 4.98 Å². The first-order chi connectivity index (χ1) is 6.22. The maximum absolute atomic E-state index is 4.52. The summed E-state index contributed by atoms with van der Waals surface area (Å²) in [7, 11) is 0. The topological polar surface area (TPSA) is 12.9 Å². The predicted octanol–water partition coefficient (Wildman–Crippen LogP) is 3.93. The molecule has 0 amide bonds. The Morgan fingerprint density at radius 2 is 2.23 bits per heavy atom. The van der Waals surface area contributed by atoms with E-state index in [1.807, 2.05) is 0 Å². The van der Waals surface area contributed by atoms with Crippen LogP contribution in [0.4, 0.5) is 0 Å². The average Bonchev–Trinajstić information content (AvgIpc) is 2.55. The molecule has 1 heterocycles. The second kappa shape index (κ2) is 3.39. The van der Waals surface area contributed by atoms with Crippen molar-refractivity contribution in [3.8, 4) is 0 Å². The third-order valence-corrected chi connectivity index (χ3v) is 4.55. The molecular formula is C10H10BrNS. The molecule has 0 fully saturated rings. The molecule has 0 N–H and O–H groups in total. The molecule has 0 atom stereocenters. The zero-order valence-electron chi connectivity index (χ0n) is 7.60. The Labute approximate surface area is 89.9 Å². The Morgan fingerprint density at radius 3 is 2.92 bits per heavy atom. The maximum Gasteiger partial charge on any atom is 0.0936 e. The number of fused-ring (bicyclic) bond motifs is 1. The molecule has 0 aliphatic carbocycles. The molecule has 1 nitrogen and oxygen atoms in total. The van der Waals surface area contributed by atoms with Crippen LogP contribution in [0.25, 0.3) is 10.2 Å². The van der Waals surface area contributed by atoms with Gasteiger partial charge in [-0.2, -0.15) is 0 Å². The minimum absolute atomic E-state index is 1.02. The summed E-state index contributed by atoms with van der Waals surface area (Å²) < 4.78 is 2.47. The first kappa shape index (κ1) is 9.16. The molecule has 13 heavy (non-hydrogen) atoms. The first-order valence-corrected chi connectivity index (χ1v) is 5.88. The van der Waals surface area contributed by atoms with Crippen molar-refractivity contribution in [1.29, 1.82) is 0 Å². The van der Waals surface area contributed by atoms with E-state index >= 15 is 0 Å². The summed E-state index contributed by atoms with van der Waals surface area (Å²) in [5, 5.41) is 1.21. The molecule has 0 bridgehead atoms. The van der Waals surface area contributed by atoms with E-state index in [1.54, 1.807) is 11.3 Å². The molecule has 0 aliphatic heterocycles. The van der Waals surface area contributed by atoms with Gasteiger partial charge < -0.3 is 0 Å². The van der Waals surface area contributed by atoms with Gasteiger partial charge in [-0.1, -0.05) is 13.0 Å². The number of benzene rings is 1. The van der Waals surface area contributed by atoms with Crippen molar-refractivity contribution in [2.75, 3.05) is 0 Å². The molecule has 0 saturated heterocycles. The highest BCUT2D eigenvalue weighted by Gasteiger charge is 2.06. The lowest BCUT2D eigenvalue weighted by Gasteiger charge is -1.96. The monoisotopic (exact) mass is 255 g/mol. The van der Waals surface area contributed by atoms with Crippen LogP contribution >= 0.6 is 27.3 Å². The summed E-state index contributed by atoms with van der Waals surface area (Å²) >= 11 is 5.37. The van der Waals surface area contributed by atoms with Gasteiger partial charge in [-0.15, -0.1) is 11.3 Å². The fourth-order valence-electron chi connectivity index (χ4n) is 1.26. The normalized spacial score (nSPS) is 11.0. The molecule has 1 aromatic carbocycles. The van der Waals surface area contributed by atoms with Crippen molar-refractivity contribution in [3.05, 3.63) is 27.2 Å². The van der Waals surface area contributed by atoms with Gasteiger partial charge in [0.15, 0.2) is 0 Å². The molecule has 0 unspecified atom stereocenters. The molecule has 0 radical (unpaired) electrons. The molecule has 2 aromatic rings. The summed E-state index contributed by atoms with van der Waals surface area (Å²) in [6.45, 7) is 4.24. The number of aryl methyl sites for hydroxylation is 2. The highest BCUT2D eigenvalue weighted by Crippen LogP contribution is 2.32. The fourth-order valence-corrected chi connectivity index (χ4v) is 2.83. The van der Waals surface area contributed by atoms with Gasteiger partial charge in [0.05, 0.1) is 15.2 Å². The summed E-state index contributed by atoms with van der Waals surface area (Å²) in [6, 6.07) is 4.19. The van der Waals surface area contributed by atoms with E-state index in [9.17, 15) is 0 Å². The number of aromatic nitrogens is 1. The van der Waals surface area contributed by atoms with E-state index < -0.39 is 0 Å². The molecular weight excluding hydrogens is 246 g/mol. The standard InChI is InChI=1S/C10H10BrNS/c1-3-8-12-7-5-4-6(2)9(11)10(7)13-8/h4-5H,3H2,1-2H3. The van der Waals surface area contributed by atoms with Crippen LogP contribution in [0.2, 0.25) is 0 Å². The second-order valence-electron chi connectivity index (χ2n) is 3.01. The molecule has 0 saturated carbocycles. The Hall–Kier alpha value is -0.410. The zero-order valence-corrected chi connectivity index (χ0v) is 10.00. The number of hydrogen-bond donors (Lipinski definition) is 0. The van der Waals surface area contributed by atoms with Crippen LogP contribution < -0.4 is 0 Å². The van der Waals surface area contributed by atoms with Crippen molar-refractivity contribution >= 4 is 37.5 Å². The number of nitrogens with zero attached hydrogens (tertiary/aromatic N) is 1. The van der Waals surface area contributed by atoms with Crippen molar-refractivity contribution in [2.45, 2.75) is 20.3 Å². The highest BCUT2D eigenvalue weighted by molar-refractivity contribution is 9.10. The average molecular weight is 256 g/mol. The van der Waals surface area contributed by atoms with E-state index in [-0.39, 0.29) is 0 Å². The van der Waals surface area contributed by atoms with Crippen LogP contribution in [-0.2, 0) is 6.42 Å². The van der Waals surface area contributed by atoms with Crippen molar-refractivity contribution < 1.29 is 0 Å². The largest absolute Gasteiger partial charge is 0.241 e. The Morgan fingerprint density at radius 1 is 1.46 bits per heavy atom. The van der Waals surface area contributed by atoms with E-state index in [1.165, 1.54) is 19.7 Å². The molecule has 3 heteroatoms. The summed E-state index contributed by atoms with van der Waals surface area (Å²) in [4.78, 5) is 4.52. The SMILES string of the molecule is CCc1nc2ccc(C)c(Br)c2s1. The smallest absolute Gasteiger partial charge is 0.0936 e. The third-order valence-electron chi connectivity index (χ3n) is 2.04. The Bertz CT molecular complexity index is 447. The predicted molar refractivity (Wildman–Crippen MR) is 61.4 cm³/mol. The lowest BCUT2D eigenvalue weighted by atomic mass is 10.2. The van der Waals surface area contributed by atoms with Crippen LogP contribution in [0.3, 0.4) is 0 Å². The van der Waals surface area contributed by atoms with Crippen molar-refractivity contribution in [1.82, 2.24) is 4.98 Å². The zero-order chi connectivity index (χ0) is 9.42. The van der Waals surface area contributed by atoms with E-state index in [4.69, 9.17) is 0 Å². The lowest BCUT2D eigenvalue weighted by molar-refractivity contribution is 1.11. The number of hydrogen-bond acceptors (Lipinski definition) is 2. The maximum atomic E-state index is 4.52. The van der Waals surface area contributed by atoms with Crippen LogP contribution in [0.1, 0.15) is 17.5 Å². The number of rotatable bonds is 1. The van der Waals surface area contributed by atoms with E-state index in [2.05, 4.69) is 46.9 Å². The first-order valence-electron chi connectivity index (χ1n) is 4.27. The highest BCUT2D eigenvalue weighted by atomic mass is 79.9. The minimum atomic E-state index is 1.02. The molecule has 0 aliphatic rings. The van der Waals surface area contributed by atoms with Gasteiger partial charge in [-0.25, -0.2) is 4.98 Å². The summed E-state index contributed by atoms with van der Waals surface area (Å²) in [5.74, 6) is 0. The molecule has 1 aromatic heterocycles. The van der Waals surface area contributed by atoms with Crippen LogP contribution in [0, 0.1) is 6.92 Å². The summed E-state index contributed by atoms with van der Waals surface area (Å²) in [6.07, 6.45) is 1.02. The van der Waals surface area contributed by atoms with Gasteiger partial charge in [-0.3, -0.25) is 0 Å². The van der Waals surface area contributed by atoms with Gasteiger partial charge in [0.2, 0.25) is 0 Å². The minimum Gasteiger partial charge on any atom is -0.241 e. The molecule has 2 rings (SSSR count). The fraction of sp³-hybridized carbons (Fsp3) is 0.300. The molecule has 68 valence electrons. The van der Waals surface area contributed by atoms with Crippen molar-refractivity contribution in [2.24, 2.45) is 0 Å². The quantitative estimate of drug-likeness (QED) is 0.753. The van der Waals surface area contributed by atoms with Crippen LogP contribution in [0.5, 0.6) is 0 Å². The van der Waals surface area contributed by atoms with E-state index in [0.717, 1.165) is 11.9 Å². The molecule has 0 spiro atoms. The Balaban J connectivity index is 2.76. The number of halogens is 1. The van der Waals surface area contributed by atoms with Gasteiger partial charge >= 0.3 is 0 Å². The van der Waals surface area contributed by atoms with Gasteiger partial charge in [0.1, 0.15) is 0 Å². The Kier molecular flexibility index (Phi) is 2.39. The van der Waals surface area contributed by atoms with Gasteiger partial charge in [0, 0.05) is 4.47 Å².